The molecule has 64 heavy (non-hydrogen) atoms. The van der Waals surface area contributed by atoms with Crippen molar-refractivity contribution in [1.29, 1.82) is 0 Å². The highest BCUT2D eigenvalue weighted by atomic mass is 32.1. The molecule has 0 saturated carbocycles. The first-order chi connectivity index (χ1) is 31.7. The molecule has 298 valence electrons. The van der Waals surface area contributed by atoms with Crippen LogP contribution in [-0.4, -0.2) is 19.5 Å². The zero-order chi connectivity index (χ0) is 42.1. The van der Waals surface area contributed by atoms with Crippen LogP contribution in [0, 0.1) is 0 Å². The van der Waals surface area contributed by atoms with Gasteiger partial charge in [0, 0.05) is 64.4 Å². The van der Waals surface area contributed by atoms with Crippen LogP contribution in [-0.2, 0) is 0 Å². The summed E-state index contributed by atoms with van der Waals surface area (Å²) in [5.41, 5.74) is 10.9. The Morgan fingerprint density at radius 2 is 0.859 bits per heavy atom. The summed E-state index contributed by atoms with van der Waals surface area (Å²) in [5, 5.41) is 10.1. The highest BCUT2D eigenvalue weighted by molar-refractivity contribution is 7.26. The molecule has 5 heteroatoms. The average molecular weight is 833 g/mol. The van der Waals surface area contributed by atoms with Crippen molar-refractivity contribution in [2.45, 2.75) is 0 Å². The molecule has 0 N–H and O–H groups in total. The number of hydrogen-bond donors (Lipinski definition) is 0. The monoisotopic (exact) mass is 832 g/mol. The lowest BCUT2D eigenvalue weighted by molar-refractivity contribution is 1.07. The van der Waals surface area contributed by atoms with Gasteiger partial charge >= 0.3 is 0 Å². The van der Waals surface area contributed by atoms with Crippen molar-refractivity contribution in [2.75, 3.05) is 0 Å². The van der Waals surface area contributed by atoms with Crippen molar-refractivity contribution in [3.8, 4) is 62.1 Å². The molecule has 0 atom stereocenters. The molecule has 10 aromatic carbocycles. The van der Waals surface area contributed by atoms with Crippen molar-refractivity contribution < 1.29 is 0 Å². The van der Waals surface area contributed by atoms with Crippen LogP contribution >= 0.6 is 11.3 Å². The molecule has 4 nitrogen and oxygen atoms in total. The second kappa shape index (κ2) is 14.7. The van der Waals surface area contributed by atoms with Gasteiger partial charge in [0.15, 0.2) is 17.5 Å². The van der Waals surface area contributed by atoms with Gasteiger partial charge in [0.05, 0.1) is 11.0 Å². The highest BCUT2D eigenvalue weighted by Crippen LogP contribution is 2.47. The molecular weight excluding hydrogens is 797 g/mol. The topological polar surface area (TPSA) is 43.6 Å². The minimum Gasteiger partial charge on any atom is -0.309 e. The first-order valence-electron chi connectivity index (χ1n) is 21.6. The summed E-state index contributed by atoms with van der Waals surface area (Å²) in [6, 6.07) is 78.0. The smallest absolute Gasteiger partial charge is 0.164 e. The van der Waals surface area contributed by atoms with Crippen molar-refractivity contribution in [3.63, 3.8) is 0 Å². The van der Waals surface area contributed by atoms with Crippen LogP contribution in [0.2, 0.25) is 0 Å². The maximum absolute atomic E-state index is 5.20. The molecule has 3 aromatic heterocycles. The molecule has 13 aromatic rings. The molecule has 0 bridgehead atoms. The number of thiophene rings is 1. The fourth-order valence-electron chi connectivity index (χ4n) is 9.68. The van der Waals surface area contributed by atoms with E-state index in [1.54, 1.807) is 0 Å². The molecule has 0 aliphatic rings. The number of rotatable bonds is 6. The minimum atomic E-state index is 0.617. The Morgan fingerprint density at radius 1 is 0.344 bits per heavy atom. The van der Waals surface area contributed by atoms with E-state index in [2.05, 4.69) is 199 Å². The Bertz CT molecular complexity index is 3940. The summed E-state index contributed by atoms with van der Waals surface area (Å²) in [6.45, 7) is 0. The van der Waals surface area contributed by atoms with E-state index in [4.69, 9.17) is 15.0 Å². The van der Waals surface area contributed by atoms with E-state index < -0.39 is 0 Å². The van der Waals surface area contributed by atoms with Gasteiger partial charge in [-0.1, -0.05) is 194 Å². The van der Waals surface area contributed by atoms with Crippen molar-refractivity contribution >= 4 is 74.9 Å². The van der Waals surface area contributed by atoms with E-state index in [1.165, 1.54) is 74.7 Å². The Hall–Kier alpha value is -8.25. The predicted octanol–water partition coefficient (Wildman–Crippen LogP) is 16.0. The molecule has 0 spiro atoms. The van der Waals surface area contributed by atoms with Gasteiger partial charge in [-0.15, -0.1) is 11.3 Å². The first kappa shape index (κ1) is 36.4. The highest BCUT2D eigenvalue weighted by Gasteiger charge is 2.22. The summed E-state index contributed by atoms with van der Waals surface area (Å²) in [4.78, 5) is 15.4. The van der Waals surface area contributed by atoms with Crippen LogP contribution in [0.4, 0.5) is 0 Å². The molecule has 13 rings (SSSR count). The zero-order valence-electron chi connectivity index (χ0n) is 34.5. The summed E-state index contributed by atoms with van der Waals surface area (Å²) in [5.74, 6) is 1.88. The second-order valence-electron chi connectivity index (χ2n) is 16.3. The Morgan fingerprint density at radius 3 is 1.59 bits per heavy atom. The number of para-hydroxylation sites is 1. The number of hydrogen-bond acceptors (Lipinski definition) is 4. The molecule has 0 aliphatic heterocycles. The molecule has 0 fully saturated rings. The summed E-state index contributed by atoms with van der Waals surface area (Å²) in [7, 11) is 0. The minimum absolute atomic E-state index is 0.617. The third-order valence-corrected chi connectivity index (χ3v) is 13.8. The number of nitrogens with zero attached hydrogens (tertiary/aromatic N) is 4. The van der Waals surface area contributed by atoms with Gasteiger partial charge in [-0.25, -0.2) is 15.0 Å². The predicted molar refractivity (Wildman–Crippen MR) is 269 cm³/mol. The van der Waals surface area contributed by atoms with Crippen LogP contribution in [0.5, 0.6) is 0 Å². The standard InChI is InChI=1S/C59H36N4S/c1-3-14-37(15-4-1)38-28-30-42(31-29-38)58-60-57(41-18-5-2-6-19-41)61-59(62-58)43-20-11-21-44(36-43)63-51-34-32-39-16-7-9-22-45(39)53(51)49-26-12-24-47(55(49)63)48-25-13-27-50-54-46-23-10-8-17-40(46)33-35-52(54)64-56(48)50/h1-36H. The SMILES string of the molecule is c1ccc(-c2ccc(-c3nc(-c4ccccc4)nc(-c4cccc(-n5c6ccc7ccccc7c6c6cccc(-c7cccc8c7sc7ccc9ccccc9c78)c65)c4)n3)cc2)cc1. The first-order valence-corrected chi connectivity index (χ1v) is 22.4. The zero-order valence-corrected chi connectivity index (χ0v) is 35.3. The molecule has 0 saturated heterocycles. The maximum Gasteiger partial charge on any atom is 0.164 e. The number of fused-ring (bicyclic) bond motifs is 10. The van der Waals surface area contributed by atoms with Crippen molar-refractivity contribution in [2.24, 2.45) is 0 Å². The summed E-state index contributed by atoms with van der Waals surface area (Å²) >= 11 is 1.88. The van der Waals surface area contributed by atoms with Crippen molar-refractivity contribution in [3.05, 3.63) is 218 Å². The number of aromatic nitrogens is 4. The van der Waals surface area contributed by atoms with Gasteiger partial charge in [0.2, 0.25) is 0 Å². The van der Waals surface area contributed by atoms with Crippen LogP contribution in [0.25, 0.3) is 126 Å². The lowest BCUT2D eigenvalue weighted by atomic mass is 9.97. The molecule has 0 unspecified atom stereocenters. The Balaban J connectivity index is 1.04. The van der Waals surface area contributed by atoms with E-state index in [9.17, 15) is 0 Å². The third-order valence-electron chi connectivity index (χ3n) is 12.6. The lowest BCUT2D eigenvalue weighted by Gasteiger charge is -2.14. The van der Waals surface area contributed by atoms with Gasteiger partial charge in [-0.05, 0) is 56.9 Å². The van der Waals surface area contributed by atoms with Gasteiger partial charge < -0.3 is 4.57 Å². The largest absolute Gasteiger partial charge is 0.309 e. The van der Waals surface area contributed by atoms with Gasteiger partial charge in [-0.3, -0.25) is 0 Å². The Labute approximate surface area is 373 Å². The van der Waals surface area contributed by atoms with Gasteiger partial charge in [0.25, 0.3) is 0 Å². The molecule has 0 radical (unpaired) electrons. The Kier molecular flexibility index (Phi) is 8.36. The van der Waals surface area contributed by atoms with E-state index in [0.29, 0.717) is 17.5 Å². The summed E-state index contributed by atoms with van der Waals surface area (Å²) in [6.07, 6.45) is 0. The molecule has 0 amide bonds. The third kappa shape index (κ3) is 5.86. The summed E-state index contributed by atoms with van der Waals surface area (Å²) < 4.78 is 5.05. The van der Waals surface area contributed by atoms with Crippen LogP contribution in [0.15, 0.2) is 218 Å². The van der Waals surface area contributed by atoms with E-state index in [-0.39, 0.29) is 0 Å². The van der Waals surface area contributed by atoms with Crippen LogP contribution < -0.4 is 0 Å². The molecule has 0 aliphatic carbocycles. The molecule has 3 heterocycles. The van der Waals surface area contributed by atoms with E-state index in [1.807, 2.05) is 35.6 Å². The van der Waals surface area contributed by atoms with E-state index in [0.717, 1.165) is 33.5 Å². The average Bonchev–Trinajstić information content (AvgIpc) is 3.94. The van der Waals surface area contributed by atoms with Gasteiger partial charge in [0.1, 0.15) is 0 Å². The lowest BCUT2D eigenvalue weighted by Crippen LogP contribution is -2.01. The fourth-order valence-corrected chi connectivity index (χ4v) is 10.9. The second-order valence-corrected chi connectivity index (χ2v) is 17.4. The maximum atomic E-state index is 5.20. The number of benzene rings is 10. The fraction of sp³-hybridized carbons (Fsp3) is 0. The quantitative estimate of drug-likeness (QED) is 0.168. The van der Waals surface area contributed by atoms with Gasteiger partial charge in [-0.2, -0.15) is 0 Å². The van der Waals surface area contributed by atoms with Crippen LogP contribution in [0.1, 0.15) is 0 Å². The molecular formula is C59H36N4S. The normalized spacial score (nSPS) is 11.8. The van der Waals surface area contributed by atoms with Crippen LogP contribution in [0.3, 0.4) is 0 Å². The van der Waals surface area contributed by atoms with Crippen molar-refractivity contribution in [1.82, 2.24) is 19.5 Å². The van der Waals surface area contributed by atoms with E-state index >= 15 is 0 Å².